The van der Waals surface area contributed by atoms with Crippen molar-refractivity contribution in [2.45, 2.75) is 25.9 Å². The van der Waals surface area contributed by atoms with Crippen LogP contribution in [0.5, 0.6) is 0 Å². The molecule has 0 bridgehead atoms. The van der Waals surface area contributed by atoms with Gasteiger partial charge in [0.1, 0.15) is 0 Å². The maximum Gasteiger partial charge on any atom is 0.0950 e. The summed E-state index contributed by atoms with van der Waals surface area (Å²) in [7, 11) is 0. The van der Waals surface area contributed by atoms with Gasteiger partial charge in [-0.3, -0.25) is 0 Å². The van der Waals surface area contributed by atoms with E-state index in [1.807, 2.05) is 11.6 Å². The molecule has 0 saturated heterocycles. The van der Waals surface area contributed by atoms with Crippen LogP contribution in [-0.4, -0.2) is 4.98 Å². The summed E-state index contributed by atoms with van der Waals surface area (Å²) in [5.74, 6) is 0. The topological polar surface area (TPSA) is 38.1 Å². The molecule has 0 amide bonds. The molecule has 4 heteroatoms. The number of aromatic nitrogens is 1. The fraction of sp³-hybridized carbons (Fsp3) is 0.364. The van der Waals surface area contributed by atoms with E-state index in [1.54, 1.807) is 23.9 Å². The minimum Gasteiger partial charge on any atom is -0.472 e. The van der Waals surface area contributed by atoms with E-state index >= 15 is 0 Å². The van der Waals surface area contributed by atoms with E-state index in [0.29, 0.717) is 0 Å². The lowest BCUT2D eigenvalue weighted by molar-refractivity contribution is 0.480. The van der Waals surface area contributed by atoms with E-state index in [2.05, 4.69) is 29.5 Å². The maximum absolute atomic E-state index is 5.05. The van der Waals surface area contributed by atoms with E-state index in [-0.39, 0.29) is 12.1 Å². The van der Waals surface area contributed by atoms with Gasteiger partial charge in [-0.05, 0) is 19.9 Å². The Balaban J connectivity index is 1.98. The fourth-order valence-corrected chi connectivity index (χ4v) is 2.16. The molecule has 2 atom stereocenters. The molecule has 2 aromatic heterocycles. The van der Waals surface area contributed by atoms with Gasteiger partial charge in [0.2, 0.25) is 0 Å². The summed E-state index contributed by atoms with van der Waals surface area (Å²) in [6, 6.07) is 2.52. The average Bonchev–Trinajstić information content (AvgIpc) is 2.91. The van der Waals surface area contributed by atoms with Crippen LogP contribution in [0.15, 0.2) is 33.9 Å². The second-order valence-corrected chi connectivity index (χ2v) is 4.30. The fourth-order valence-electron chi connectivity index (χ4n) is 1.51. The molecule has 0 spiro atoms. The average molecular weight is 222 g/mol. The van der Waals surface area contributed by atoms with Crippen molar-refractivity contribution < 1.29 is 4.42 Å². The second-order valence-electron chi connectivity index (χ2n) is 3.58. The number of nitrogens with zero attached hydrogens (tertiary/aromatic N) is 1. The predicted octanol–water partition coefficient (Wildman–Crippen LogP) is 3.15. The second kappa shape index (κ2) is 4.59. The van der Waals surface area contributed by atoms with Crippen molar-refractivity contribution in [2.24, 2.45) is 0 Å². The Morgan fingerprint density at radius 3 is 2.87 bits per heavy atom. The first kappa shape index (κ1) is 10.4. The number of nitrogens with one attached hydrogen (secondary N) is 1. The predicted molar refractivity (Wildman–Crippen MR) is 60.8 cm³/mol. The molecular formula is C11H14N2OS. The van der Waals surface area contributed by atoms with Crippen LogP contribution >= 0.6 is 11.3 Å². The van der Waals surface area contributed by atoms with E-state index in [0.717, 1.165) is 11.3 Å². The molecule has 2 aromatic rings. The quantitative estimate of drug-likeness (QED) is 0.863. The van der Waals surface area contributed by atoms with Crippen LogP contribution < -0.4 is 5.32 Å². The molecule has 2 heterocycles. The number of furan rings is 1. The van der Waals surface area contributed by atoms with Crippen LogP contribution in [0, 0.1) is 0 Å². The lowest BCUT2D eigenvalue weighted by Crippen LogP contribution is -2.22. The molecule has 0 aromatic carbocycles. The first-order valence-corrected chi connectivity index (χ1v) is 5.88. The van der Waals surface area contributed by atoms with Gasteiger partial charge in [0.15, 0.2) is 0 Å². The number of rotatable bonds is 4. The summed E-state index contributed by atoms with van der Waals surface area (Å²) in [6.07, 6.45) is 3.46. The summed E-state index contributed by atoms with van der Waals surface area (Å²) >= 11 is 1.62. The summed E-state index contributed by atoms with van der Waals surface area (Å²) in [4.78, 5) is 4.28. The highest BCUT2D eigenvalue weighted by atomic mass is 32.1. The van der Waals surface area contributed by atoms with Gasteiger partial charge in [0, 0.05) is 23.0 Å². The molecule has 2 unspecified atom stereocenters. The zero-order valence-electron chi connectivity index (χ0n) is 8.81. The monoisotopic (exact) mass is 222 g/mol. The Morgan fingerprint density at radius 2 is 2.27 bits per heavy atom. The van der Waals surface area contributed by atoms with Crippen molar-refractivity contribution in [1.29, 1.82) is 0 Å². The van der Waals surface area contributed by atoms with Crippen LogP contribution in [0.2, 0.25) is 0 Å². The Labute approximate surface area is 93.2 Å². The highest BCUT2D eigenvalue weighted by Gasteiger charge is 2.12. The van der Waals surface area contributed by atoms with Crippen molar-refractivity contribution >= 4 is 11.3 Å². The molecule has 2 rings (SSSR count). The molecule has 0 saturated carbocycles. The van der Waals surface area contributed by atoms with Gasteiger partial charge in [-0.15, -0.1) is 11.3 Å². The Morgan fingerprint density at radius 1 is 1.40 bits per heavy atom. The van der Waals surface area contributed by atoms with E-state index in [4.69, 9.17) is 4.42 Å². The minimum absolute atomic E-state index is 0.265. The van der Waals surface area contributed by atoms with E-state index < -0.39 is 0 Å². The molecule has 0 fully saturated rings. The van der Waals surface area contributed by atoms with Crippen molar-refractivity contribution in [3.63, 3.8) is 0 Å². The first-order valence-electron chi connectivity index (χ1n) is 4.93. The van der Waals surface area contributed by atoms with Crippen LogP contribution in [-0.2, 0) is 0 Å². The zero-order valence-corrected chi connectivity index (χ0v) is 9.62. The van der Waals surface area contributed by atoms with E-state index in [9.17, 15) is 0 Å². The van der Waals surface area contributed by atoms with Crippen molar-refractivity contribution in [3.8, 4) is 0 Å². The third-order valence-electron chi connectivity index (χ3n) is 2.44. The SMILES string of the molecule is CC(NC(C)c1cscn1)c1ccoc1. The standard InChI is InChI=1S/C11H14N2OS/c1-8(10-3-4-14-5-10)13-9(2)11-6-15-7-12-11/h3-9,13H,1-2H3. The van der Waals surface area contributed by atoms with E-state index in [1.165, 1.54) is 0 Å². The van der Waals surface area contributed by atoms with Crippen LogP contribution in [0.4, 0.5) is 0 Å². The molecule has 15 heavy (non-hydrogen) atoms. The van der Waals surface area contributed by atoms with Crippen molar-refractivity contribution in [3.05, 3.63) is 40.7 Å². The molecule has 0 aliphatic carbocycles. The number of hydrogen-bond donors (Lipinski definition) is 1. The lowest BCUT2D eigenvalue weighted by atomic mass is 10.1. The summed E-state index contributed by atoms with van der Waals surface area (Å²) in [6.45, 7) is 4.24. The van der Waals surface area contributed by atoms with Gasteiger partial charge < -0.3 is 9.73 Å². The smallest absolute Gasteiger partial charge is 0.0950 e. The Kier molecular flexibility index (Phi) is 3.18. The van der Waals surface area contributed by atoms with Gasteiger partial charge in [0.05, 0.1) is 23.7 Å². The van der Waals surface area contributed by atoms with Gasteiger partial charge >= 0.3 is 0 Å². The molecule has 1 N–H and O–H groups in total. The van der Waals surface area contributed by atoms with Crippen LogP contribution in [0.25, 0.3) is 0 Å². The summed E-state index contributed by atoms with van der Waals surface area (Å²) < 4.78 is 5.05. The van der Waals surface area contributed by atoms with Crippen molar-refractivity contribution in [1.82, 2.24) is 10.3 Å². The highest BCUT2D eigenvalue weighted by Crippen LogP contribution is 2.19. The van der Waals surface area contributed by atoms with Crippen molar-refractivity contribution in [2.75, 3.05) is 0 Å². The Hall–Kier alpha value is -1.13. The first-order chi connectivity index (χ1) is 7.27. The number of thiazole rings is 1. The van der Waals surface area contributed by atoms with Gasteiger partial charge in [-0.25, -0.2) is 4.98 Å². The minimum atomic E-state index is 0.265. The molecule has 0 aliphatic heterocycles. The van der Waals surface area contributed by atoms with Crippen LogP contribution in [0.1, 0.15) is 37.2 Å². The lowest BCUT2D eigenvalue weighted by Gasteiger charge is -2.17. The molecule has 0 aliphatic rings. The zero-order chi connectivity index (χ0) is 10.7. The Bertz CT molecular complexity index is 344. The molecule has 80 valence electrons. The third-order valence-corrected chi connectivity index (χ3v) is 3.04. The molecular weight excluding hydrogens is 208 g/mol. The van der Waals surface area contributed by atoms with Gasteiger partial charge in [-0.2, -0.15) is 0 Å². The highest BCUT2D eigenvalue weighted by molar-refractivity contribution is 7.07. The summed E-state index contributed by atoms with van der Waals surface area (Å²) in [5, 5.41) is 5.54. The largest absolute Gasteiger partial charge is 0.472 e. The number of hydrogen-bond acceptors (Lipinski definition) is 4. The third kappa shape index (κ3) is 2.46. The maximum atomic E-state index is 5.05. The van der Waals surface area contributed by atoms with Gasteiger partial charge in [-0.1, -0.05) is 0 Å². The van der Waals surface area contributed by atoms with Gasteiger partial charge in [0.25, 0.3) is 0 Å². The molecule has 0 radical (unpaired) electrons. The molecule has 3 nitrogen and oxygen atoms in total. The summed E-state index contributed by atoms with van der Waals surface area (Å²) in [5.41, 5.74) is 4.11. The van der Waals surface area contributed by atoms with Crippen LogP contribution in [0.3, 0.4) is 0 Å². The normalized spacial score (nSPS) is 15.1.